The summed E-state index contributed by atoms with van der Waals surface area (Å²) in [5.74, 6) is -1.47. The van der Waals surface area contributed by atoms with Crippen molar-refractivity contribution in [3.05, 3.63) is 0 Å². The summed E-state index contributed by atoms with van der Waals surface area (Å²) in [5.41, 5.74) is -0.517. The van der Waals surface area contributed by atoms with Crippen LogP contribution in [0.2, 0.25) is 0 Å². The highest BCUT2D eigenvalue weighted by molar-refractivity contribution is 5.87. The number of rotatable bonds is 3. The van der Waals surface area contributed by atoms with Gasteiger partial charge in [0.15, 0.2) is 0 Å². The molecule has 19 heavy (non-hydrogen) atoms. The average molecular weight is 270 g/mol. The number of nitrogens with zero attached hydrogens (tertiary/aromatic N) is 1. The summed E-state index contributed by atoms with van der Waals surface area (Å²) in [6, 6.07) is 0. The summed E-state index contributed by atoms with van der Waals surface area (Å²) in [6.45, 7) is 6.22. The molecule has 0 aromatic heterocycles. The van der Waals surface area contributed by atoms with E-state index in [1.165, 1.54) is 0 Å². The van der Waals surface area contributed by atoms with Crippen LogP contribution in [0.3, 0.4) is 0 Å². The Bertz CT molecular complexity index is 365. The minimum atomic E-state index is -0.798. The third-order valence-electron chi connectivity index (χ3n) is 3.28. The number of carbonyl (C=O) groups is 3. The van der Waals surface area contributed by atoms with E-state index >= 15 is 0 Å². The Morgan fingerprint density at radius 1 is 1.21 bits per heavy atom. The number of likely N-dealkylation sites (tertiary alicyclic amines) is 1. The summed E-state index contributed by atoms with van der Waals surface area (Å²) in [4.78, 5) is 35.9. The van der Waals surface area contributed by atoms with Gasteiger partial charge in [0.1, 0.15) is 0 Å². The van der Waals surface area contributed by atoms with Crippen LogP contribution in [0.4, 0.5) is 0 Å². The zero-order chi connectivity index (χ0) is 14.6. The van der Waals surface area contributed by atoms with Gasteiger partial charge in [0.05, 0.1) is 12.5 Å². The number of carboxylic acid groups (broad SMARTS) is 1. The molecule has 1 aliphatic rings. The molecule has 1 fully saturated rings. The van der Waals surface area contributed by atoms with Crippen molar-refractivity contribution in [3.8, 4) is 0 Å². The molecule has 6 heteroatoms. The third kappa shape index (κ3) is 4.54. The molecule has 1 saturated heterocycles. The van der Waals surface area contributed by atoms with Gasteiger partial charge in [-0.05, 0) is 12.8 Å². The van der Waals surface area contributed by atoms with Gasteiger partial charge in [-0.2, -0.15) is 0 Å². The van der Waals surface area contributed by atoms with Crippen LogP contribution in [0.25, 0.3) is 0 Å². The highest BCUT2D eigenvalue weighted by Gasteiger charge is 2.28. The van der Waals surface area contributed by atoms with Crippen molar-refractivity contribution in [2.75, 3.05) is 19.6 Å². The van der Waals surface area contributed by atoms with Gasteiger partial charge in [-0.25, -0.2) is 0 Å². The van der Waals surface area contributed by atoms with E-state index in [1.807, 2.05) is 0 Å². The van der Waals surface area contributed by atoms with Crippen molar-refractivity contribution < 1.29 is 19.5 Å². The Hall–Kier alpha value is -1.59. The third-order valence-corrected chi connectivity index (χ3v) is 3.28. The standard InChI is InChI=1S/C13H22N2O4/c1-13(2,3)12(19)14-8-10(16)15-6-4-9(5-7-15)11(17)18/h9H,4-8H2,1-3H3,(H,14,19)(H,17,18). The largest absolute Gasteiger partial charge is 0.481 e. The predicted molar refractivity (Wildman–Crippen MR) is 69.4 cm³/mol. The van der Waals surface area contributed by atoms with Crippen LogP contribution in [0, 0.1) is 11.3 Å². The second kappa shape index (κ2) is 6.04. The molecule has 0 aromatic carbocycles. The SMILES string of the molecule is CC(C)(C)C(=O)NCC(=O)N1CCC(C(=O)O)CC1. The number of aliphatic carboxylic acids is 1. The lowest BCUT2D eigenvalue weighted by atomic mass is 9.95. The topological polar surface area (TPSA) is 86.7 Å². The molecule has 0 atom stereocenters. The van der Waals surface area contributed by atoms with E-state index in [0.717, 1.165) is 0 Å². The van der Waals surface area contributed by atoms with E-state index in [-0.39, 0.29) is 24.3 Å². The second-order valence-corrected chi connectivity index (χ2v) is 5.93. The molecule has 2 amide bonds. The molecule has 6 nitrogen and oxygen atoms in total. The summed E-state index contributed by atoms with van der Waals surface area (Å²) in [5, 5.41) is 11.5. The molecule has 0 aliphatic carbocycles. The van der Waals surface area contributed by atoms with E-state index < -0.39 is 11.4 Å². The van der Waals surface area contributed by atoms with E-state index in [1.54, 1.807) is 25.7 Å². The van der Waals surface area contributed by atoms with Gasteiger partial charge in [0.2, 0.25) is 11.8 Å². The summed E-state index contributed by atoms with van der Waals surface area (Å²) in [6.07, 6.45) is 0.961. The monoisotopic (exact) mass is 270 g/mol. The number of carbonyl (C=O) groups excluding carboxylic acids is 2. The lowest BCUT2D eigenvalue weighted by Gasteiger charge is -2.30. The number of carboxylic acids is 1. The maximum Gasteiger partial charge on any atom is 0.306 e. The fourth-order valence-electron chi connectivity index (χ4n) is 1.91. The molecule has 0 bridgehead atoms. The number of hydrogen-bond donors (Lipinski definition) is 2. The minimum Gasteiger partial charge on any atom is -0.481 e. The highest BCUT2D eigenvalue weighted by Crippen LogP contribution is 2.17. The average Bonchev–Trinajstić information content (AvgIpc) is 2.34. The number of hydrogen-bond acceptors (Lipinski definition) is 3. The van der Waals surface area contributed by atoms with Gasteiger partial charge in [-0.1, -0.05) is 20.8 Å². The van der Waals surface area contributed by atoms with Crippen molar-refractivity contribution in [1.82, 2.24) is 10.2 Å². The number of piperidine rings is 1. The molecule has 0 aromatic rings. The maximum atomic E-state index is 11.9. The lowest BCUT2D eigenvalue weighted by Crippen LogP contribution is -2.46. The molecule has 1 rings (SSSR count). The van der Waals surface area contributed by atoms with Gasteiger partial charge >= 0.3 is 5.97 Å². The van der Waals surface area contributed by atoms with Gasteiger partial charge in [-0.15, -0.1) is 0 Å². The highest BCUT2D eigenvalue weighted by atomic mass is 16.4. The maximum absolute atomic E-state index is 11.9. The first-order valence-electron chi connectivity index (χ1n) is 6.50. The van der Waals surface area contributed by atoms with Gasteiger partial charge < -0.3 is 15.3 Å². The molecule has 0 saturated carbocycles. The Labute approximate surface area is 113 Å². The summed E-state index contributed by atoms with van der Waals surface area (Å²) < 4.78 is 0. The molecule has 0 unspecified atom stereocenters. The summed E-state index contributed by atoms with van der Waals surface area (Å²) in [7, 11) is 0. The van der Waals surface area contributed by atoms with Crippen molar-refractivity contribution in [2.24, 2.45) is 11.3 Å². The van der Waals surface area contributed by atoms with Gasteiger partial charge in [-0.3, -0.25) is 14.4 Å². The fourth-order valence-corrected chi connectivity index (χ4v) is 1.91. The number of nitrogens with one attached hydrogen (secondary N) is 1. The van der Waals surface area contributed by atoms with Crippen molar-refractivity contribution in [2.45, 2.75) is 33.6 Å². The van der Waals surface area contributed by atoms with Crippen LogP contribution in [0.5, 0.6) is 0 Å². The van der Waals surface area contributed by atoms with Crippen LogP contribution < -0.4 is 5.32 Å². The Kier molecular flexibility index (Phi) is 4.91. The number of amides is 2. The molecular weight excluding hydrogens is 248 g/mol. The molecule has 2 N–H and O–H groups in total. The first-order chi connectivity index (χ1) is 8.71. The summed E-state index contributed by atoms with van der Waals surface area (Å²) >= 11 is 0. The fraction of sp³-hybridized carbons (Fsp3) is 0.769. The smallest absolute Gasteiger partial charge is 0.306 e. The molecule has 0 spiro atoms. The van der Waals surface area contributed by atoms with Gasteiger partial charge in [0.25, 0.3) is 0 Å². The van der Waals surface area contributed by atoms with Crippen molar-refractivity contribution in [1.29, 1.82) is 0 Å². The second-order valence-electron chi connectivity index (χ2n) is 5.93. The van der Waals surface area contributed by atoms with Crippen molar-refractivity contribution in [3.63, 3.8) is 0 Å². The normalized spacial score (nSPS) is 17.1. The molecule has 0 radical (unpaired) electrons. The van der Waals surface area contributed by atoms with Crippen LogP contribution in [-0.4, -0.2) is 47.4 Å². The Morgan fingerprint density at radius 3 is 2.16 bits per heavy atom. The van der Waals surface area contributed by atoms with E-state index in [0.29, 0.717) is 25.9 Å². The van der Waals surface area contributed by atoms with Crippen LogP contribution in [0.15, 0.2) is 0 Å². The van der Waals surface area contributed by atoms with Crippen LogP contribution in [-0.2, 0) is 14.4 Å². The molecule has 108 valence electrons. The van der Waals surface area contributed by atoms with Crippen LogP contribution >= 0.6 is 0 Å². The van der Waals surface area contributed by atoms with E-state index in [2.05, 4.69) is 5.32 Å². The predicted octanol–water partition coefficient (Wildman–Crippen LogP) is 0.472. The van der Waals surface area contributed by atoms with Crippen molar-refractivity contribution >= 4 is 17.8 Å². The molecular formula is C13H22N2O4. The molecule has 1 heterocycles. The van der Waals surface area contributed by atoms with E-state index in [4.69, 9.17) is 5.11 Å². The zero-order valence-electron chi connectivity index (χ0n) is 11.7. The molecule has 1 aliphatic heterocycles. The Balaban J connectivity index is 2.36. The lowest BCUT2D eigenvalue weighted by molar-refractivity contribution is -0.145. The van der Waals surface area contributed by atoms with Gasteiger partial charge in [0, 0.05) is 18.5 Å². The van der Waals surface area contributed by atoms with Crippen LogP contribution in [0.1, 0.15) is 33.6 Å². The zero-order valence-corrected chi connectivity index (χ0v) is 11.7. The first kappa shape index (κ1) is 15.5. The quantitative estimate of drug-likeness (QED) is 0.780. The minimum absolute atomic E-state index is 0.0200. The Morgan fingerprint density at radius 2 is 1.74 bits per heavy atom. The van der Waals surface area contributed by atoms with E-state index in [9.17, 15) is 14.4 Å². The first-order valence-corrected chi connectivity index (χ1v) is 6.50.